The maximum atomic E-state index is 9.78. The SMILES string of the molecule is C[C@H](Nc1ccc(C#N)cc1Cl)C(C)(C)O. The maximum Gasteiger partial charge on any atom is 0.0992 e. The summed E-state index contributed by atoms with van der Waals surface area (Å²) in [5.74, 6) is 0. The Morgan fingerprint density at radius 2 is 2.12 bits per heavy atom. The van der Waals surface area contributed by atoms with Crippen molar-refractivity contribution in [3.05, 3.63) is 28.8 Å². The molecule has 0 aliphatic heterocycles. The van der Waals surface area contributed by atoms with Crippen LogP contribution in [0.1, 0.15) is 26.3 Å². The first-order valence-corrected chi connectivity index (χ1v) is 5.41. The topological polar surface area (TPSA) is 56.0 Å². The summed E-state index contributed by atoms with van der Waals surface area (Å²) in [4.78, 5) is 0. The van der Waals surface area contributed by atoms with Crippen molar-refractivity contribution < 1.29 is 5.11 Å². The van der Waals surface area contributed by atoms with Gasteiger partial charge in [0, 0.05) is 0 Å². The van der Waals surface area contributed by atoms with Gasteiger partial charge in [-0.3, -0.25) is 0 Å². The summed E-state index contributed by atoms with van der Waals surface area (Å²) in [6.45, 7) is 5.32. The average molecular weight is 239 g/mol. The predicted octanol–water partition coefficient (Wildman–Crippen LogP) is 2.78. The van der Waals surface area contributed by atoms with E-state index in [1.807, 2.05) is 13.0 Å². The van der Waals surface area contributed by atoms with Crippen LogP contribution >= 0.6 is 11.6 Å². The Hall–Kier alpha value is -1.24. The van der Waals surface area contributed by atoms with Gasteiger partial charge in [-0.1, -0.05) is 11.6 Å². The van der Waals surface area contributed by atoms with E-state index in [1.54, 1.807) is 32.0 Å². The van der Waals surface area contributed by atoms with E-state index in [0.717, 1.165) is 5.69 Å². The third-order valence-electron chi connectivity index (χ3n) is 2.53. The number of anilines is 1. The van der Waals surface area contributed by atoms with Gasteiger partial charge >= 0.3 is 0 Å². The first kappa shape index (κ1) is 12.8. The number of nitriles is 1. The lowest BCUT2D eigenvalue weighted by molar-refractivity contribution is 0.0649. The van der Waals surface area contributed by atoms with Crippen LogP contribution in [-0.4, -0.2) is 16.7 Å². The van der Waals surface area contributed by atoms with Crippen molar-refractivity contribution in [2.45, 2.75) is 32.4 Å². The van der Waals surface area contributed by atoms with Crippen LogP contribution < -0.4 is 5.32 Å². The standard InChI is InChI=1S/C12H15ClN2O/c1-8(12(2,3)16)15-11-5-4-9(7-14)6-10(11)13/h4-6,8,15-16H,1-3H3/t8-/m0/s1. The zero-order chi connectivity index (χ0) is 12.3. The highest BCUT2D eigenvalue weighted by Crippen LogP contribution is 2.25. The molecule has 1 rings (SSSR count). The fourth-order valence-electron chi connectivity index (χ4n) is 1.11. The highest BCUT2D eigenvalue weighted by atomic mass is 35.5. The van der Waals surface area contributed by atoms with Gasteiger partial charge in [0.05, 0.1) is 34.0 Å². The molecule has 0 fully saturated rings. The van der Waals surface area contributed by atoms with E-state index >= 15 is 0 Å². The van der Waals surface area contributed by atoms with Crippen LogP contribution in [0.15, 0.2) is 18.2 Å². The van der Waals surface area contributed by atoms with Crippen molar-refractivity contribution in [1.82, 2.24) is 0 Å². The quantitative estimate of drug-likeness (QED) is 0.852. The predicted molar refractivity (Wildman–Crippen MR) is 65.5 cm³/mol. The van der Waals surface area contributed by atoms with Crippen molar-refractivity contribution in [1.29, 1.82) is 5.26 Å². The van der Waals surface area contributed by atoms with E-state index in [2.05, 4.69) is 5.32 Å². The number of halogens is 1. The first-order valence-electron chi connectivity index (χ1n) is 5.03. The van der Waals surface area contributed by atoms with Crippen LogP contribution in [0.4, 0.5) is 5.69 Å². The minimum Gasteiger partial charge on any atom is -0.388 e. The molecule has 86 valence electrons. The summed E-state index contributed by atoms with van der Waals surface area (Å²) in [7, 11) is 0. The number of nitrogens with one attached hydrogen (secondary N) is 1. The maximum absolute atomic E-state index is 9.78. The smallest absolute Gasteiger partial charge is 0.0992 e. The van der Waals surface area contributed by atoms with E-state index in [-0.39, 0.29) is 6.04 Å². The number of benzene rings is 1. The average Bonchev–Trinajstić information content (AvgIpc) is 2.19. The second kappa shape index (κ2) is 4.73. The number of aliphatic hydroxyl groups is 1. The summed E-state index contributed by atoms with van der Waals surface area (Å²) in [5.41, 5.74) is 0.402. The molecule has 0 saturated carbocycles. The normalized spacial score (nSPS) is 13.0. The molecule has 0 radical (unpaired) electrons. The second-order valence-corrected chi connectivity index (χ2v) is 4.73. The molecular weight excluding hydrogens is 224 g/mol. The molecule has 3 nitrogen and oxygen atoms in total. The van der Waals surface area contributed by atoms with Crippen LogP contribution in [0.25, 0.3) is 0 Å². The van der Waals surface area contributed by atoms with Crippen LogP contribution in [0.2, 0.25) is 5.02 Å². The van der Waals surface area contributed by atoms with E-state index in [4.69, 9.17) is 16.9 Å². The Morgan fingerprint density at radius 3 is 2.56 bits per heavy atom. The molecule has 0 aliphatic carbocycles. The van der Waals surface area contributed by atoms with Crippen LogP contribution in [0.5, 0.6) is 0 Å². The van der Waals surface area contributed by atoms with Gasteiger partial charge in [-0.05, 0) is 39.0 Å². The van der Waals surface area contributed by atoms with Gasteiger partial charge < -0.3 is 10.4 Å². The monoisotopic (exact) mass is 238 g/mol. The fraction of sp³-hybridized carbons (Fsp3) is 0.417. The Kier molecular flexibility index (Phi) is 3.79. The van der Waals surface area contributed by atoms with Crippen molar-refractivity contribution in [3.8, 4) is 6.07 Å². The van der Waals surface area contributed by atoms with Gasteiger partial charge in [0.1, 0.15) is 0 Å². The Balaban J connectivity index is 2.88. The summed E-state index contributed by atoms with van der Waals surface area (Å²) < 4.78 is 0. The largest absolute Gasteiger partial charge is 0.388 e. The summed E-state index contributed by atoms with van der Waals surface area (Å²) >= 11 is 6.01. The van der Waals surface area contributed by atoms with Crippen molar-refractivity contribution in [2.75, 3.05) is 5.32 Å². The van der Waals surface area contributed by atoms with Gasteiger partial charge in [-0.25, -0.2) is 0 Å². The lowest BCUT2D eigenvalue weighted by Crippen LogP contribution is -2.39. The summed E-state index contributed by atoms with van der Waals surface area (Å²) in [5, 5.41) is 22.1. The lowest BCUT2D eigenvalue weighted by atomic mass is 10.0. The minimum atomic E-state index is -0.836. The second-order valence-electron chi connectivity index (χ2n) is 4.33. The van der Waals surface area contributed by atoms with E-state index in [0.29, 0.717) is 10.6 Å². The third kappa shape index (κ3) is 3.13. The molecule has 0 heterocycles. The van der Waals surface area contributed by atoms with Gasteiger partial charge in [0.25, 0.3) is 0 Å². The molecule has 0 bridgehead atoms. The van der Waals surface area contributed by atoms with Crippen molar-refractivity contribution in [2.24, 2.45) is 0 Å². The summed E-state index contributed by atoms with van der Waals surface area (Å²) in [6, 6.07) is 6.90. The zero-order valence-corrected chi connectivity index (χ0v) is 10.3. The molecule has 4 heteroatoms. The molecule has 1 aromatic carbocycles. The molecule has 1 atom stereocenters. The highest BCUT2D eigenvalue weighted by Gasteiger charge is 2.22. The van der Waals surface area contributed by atoms with Crippen LogP contribution in [0.3, 0.4) is 0 Å². The Labute approximate surface area is 101 Å². The highest BCUT2D eigenvalue weighted by molar-refractivity contribution is 6.33. The zero-order valence-electron chi connectivity index (χ0n) is 9.58. The van der Waals surface area contributed by atoms with E-state index < -0.39 is 5.60 Å². The summed E-state index contributed by atoms with van der Waals surface area (Å²) in [6.07, 6.45) is 0. The van der Waals surface area contributed by atoms with Gasteiger partial charge in [0.15, 0.2) is 0 Å². The molecule has 0 aromatic heterocycles. The third-order valence-corrected chi connectivity index (χ3v) is 2.84. The van der Waals surface area contributed by atoms with Crippen LogP contribution in [-0.2, 0) is 0 Å². The molecule has 0 spiro atoms. The number of hydrogen-bond acceptors (Lipinski definition) is 3. The molecule has 0 amide bonds. The van der Waals surface area contributed by atoms with Crippen molar-refractivity contribution >= 4 is 17.3 Å². The molecular formula is C12H15ClN2O. The first-order chi connectivity index (χ1) is 7.34. The molecule has 0 aliphatic rings. The Morgan fingerprint density at radius 1 is 1.50 bits per heavy atom. The van der Waals surface area contributed by atoms with Gasteiger partial charge in [-0.2, -0.15) is 5.26 Å². The molecule has 0 saturated heterocycles. The number of rotatable bonds is 3. The van der Waals surface area contributed by atoms with E-state index in [1.165, 1.54) is 0 Å². The number of hydrogen-bond donors (Lipinski definition) is 2. The van der Waals surface area contributed by atoms with Crippen molar-refractivity contribution in [3.63, 3.8) is 0 Å². The molecule has 2 N–H and O–H groups in total. The molecule has 1 aromatic rings. The lowest BCUT2D eigenvalue weighted by Gasteiger charge is -2.28. The number of nitrogens with zero attached hydrogens (tertiary/aromatic N) is 1. The van der Waals surface area contributed by atoms with Crippen LogP contribution in [0, 0.1) is 11.3 Å². The minimum absolute atomic E-state index is 0.141. The van der Waals surface area contributed by atoms with Gasteiger partial charge in [-0.15, -0.1) is 0 Å². The van der Waals surface area contributed by atoms with Gasteiger partial charge in [0.2, 0.25) is 0 Å². The molecule has 16 heavy (non-hydrogen) atoms. The fourth-order valence-corrected chi connectivity index (χ4v) is 1.35. The Bertz CT molecular complexity index is 418. The molecule has 0 unspecified atom stereocenters. The van der Waals surface area contributed by atoms with E-state index in [9.17, 15) is 5.11 Å².